The molecule has 11 aromatic carbocycles. The normalized spacial score (nSPS) is 13.3. The molecule has 2 unspecified atom stereocenters. The van der Waals surface area contributed by atoms with Gasteiger partial charge < -0.3 is 8.47 Å². The Balaban J connectivity index is 0.000000281. The lowest BCUT2D eigenvalue weighted by molar-refractivity contribution is 0.644. The van der Waals surface area contributed by atoms with Gasteiger partial charge in [-0.2, -0.15) is 0 Å². The van der Waals surface area contributed by atoms with Gasteiger partial charge in [0.15, 0.2) is 16.5 Å². The Bertz CT molecular complexity index is 4730. The minimum atomic E-state index is -2.60. The summed E-state index contributed by atoms with van der Waals surface area (Å²) in [5.74, 6) is 0. The highest BCUT2D eigenvalue weighted by Gasteiger charge is 2.44. The molecule has 0 aliphatic rings. The molecule has 2 atom stereocenters. The van der Waals surface area contributed by atoms with Crippen molar-refractivity contribution in [2.24, 2.45) is 0 Å². The second kappa shape index (κ2) is 34.6. The average Bonchev–Trinajstić information content (AvgIpc) is 1.20. The Morgan fingerprint density at radius 1 is 0.260 bits per heavy atom. The summed E-state index contributed by atoms with van der Waals surface area (Å²) in [4.78, 5) is 0. The molecule has 0 saturated heterocycles. The number of aryl methyl sites for hydroxylation is 2. The maximum Gasteiger partial charge on any atom is 0.194 e. The number of nitrogens with zero attached hydrogens (tertiary/aromatic N) is 2. The van der Waals surface area contributed by atoms with Crippen LogP contribution in [0.2, 0.25) is 36.8 Å². The van der Waals surface area contributed by atoms with Crippen molar-refractivity contribution in [2.45, 2.75) is 239 Å². The standard InChI is InChI=1S/C69H87NSi2.C26H31NSi/c1-7-11-15-19-28-44-71(45-29-20-16-12-8-2,67-41-39-54(6)60-49-55-32-22-23-33-56(55)50-62(60)67)68-42-43-69(64-52-58-35-25-24-34-57(58)51-63(64)68)72(46-30-18-14-10-4,47-31-21-17-13-9-3)70-65-37-27-26-36-59(65)61-48-53(5)38-40-66(61)70;1-3-4-5-6-14-21-28(2,22-15-8-7-9-16-22)27-25-19-12-10-17-23(25)24-18-11-13-20-26(24)27/h22-27,32-43,48-52H,7-21,28-31,44-47H2,1-6H3;7-13,15-20H,3-6,14,21H2,1-2H3. The van der Waals surface area contributed by atoms with Crippen molar-refractivity contribution in [1.82, 2.24) is 8.47 Å². The van der Waals surface area contributed by atoms with Crippen LogP contribution in [0.3, 0.4) is 0 Å². The van der Waals surface area contributed by atoms with Crippen LogP contribution >= 0.6 is 0 Å². The molecule has 2 nitrogen and oxygen atoms in total. The van der Waals surface area contributed by atoms with Crippen LogP contribution in [0.1, 0.15) is 200 Å². The second-order valence-corrected chi connectivity index (χ2v) is 42.9. The first kappa shape index (κ1) is 72.5. The Morgan fingerprint density at radius 3 is 1.10 bits per heavy atom. The minimum Gasteiger partial charge on any atom is -0.363 e. The molecule has 5 heteroatoms. The summed E-state index contributed by atoms with van der Waals surface area (Å²) in [6.45, 7) is 19.0. The number of hydrogen-bond donors (Lipinski definition) is 0. The van der Waals surface area contributed by atoms with E-state index in [-0.39, 0.29) is 0 Å². The van der Waals surface area contributed by atoms with E-state index in [4.69, 9.17) is 0 Å². The van der Waals surface area contributed by atoms with Crippen molar-refractivity contribution >= 4 is 132 Å². The lowest BCUT2D eigenvalue weighted by atomic mass is 10.0. The third-order valence-corrected chi connectivity index (χ3v) is 38.4. The van der Waals surface area contributed by atoms with Gasteiger partial charge in [0.2, 0.25) is 0 Å². The molecule has 2 aromatic heterocycles. The Kier molecular flexibility index (Phi) is 25.1. The molecule has 0 spiro atoms. The molecule has 0 bridgehead atoms. The van der Waals surface area contributed by atoms with Crippen LogP contribution in [0.5, 0.6) is 0 Å². The molecule has 0 amide bonds. The maximum absolute atomic E-state index is 3.05. The number of fused-ring (bicyclic) bond motifs is 10. The van der Waals surface area contributed by atoms with E-state index in [0.717, 1.165) is 0 Å². The first-order chi connectivity index (χ1) is 49.1. The summed E-state index contributed by atoms with van der Waals surface area (Å²) in [6, 6.07) is 92.6. The van der Waals surface area contributed by atoms with Crippen molar-refractivity contribution in [1.29, 1.82) is 0 Å². The van der Waals surface area contributed by atoms with Crippen LogP contribution in [0.15, 0.2) is 218 Å². The van der Waals surface area contributed by atoms with Crippen LogP contribution in [0, 0.1) is 13.8 Å². The smallest absolute Gasteiger partial charge is 0.194 e. The Hall–Kier alpha value is -7.29. The van der Waals surface area contributed by atoms with Gasteiger partial charge in [0.1, 0.15) is 8.07 Å². The number of unbranched alkanes of at least 4 members (excludes halogenated alkanes) is 19. The van der Waals surface area contributed by atoms with Crippen molar-refractivity contribution in [3.8, 4) is 0 Å². The average molecular weight is 1370 g/mol. The highest BCUT2D eigenvalue weighted by atomic mass is 28.3. The molecule has 0 aliphatic carbocycles. The topological polar surface area (TPSA) is 9.86 Å². The molecule has 2 heterocycles. The first-order valence-electron chi connectivity index (χ1n) is 40.1. The van der Waals surface area contributed by atoms with Gasteiger partial charge in [0.25, 0.3) is 0 Å². The summed E-state index contributed by atoms with van der Waals surface area (Å²) in [7, 11) is -7.02. The van der Waals surface area contributed by atoms with Crippen LogP contribution in [-0.2, 0) is 0 Å². The number of aromatic nitrogens is 2. The van der Waals surface area contributed by atoms with Gasteiger partial charge in [-0.25, -0.2) is 0 Å². The fraction of sp³-hybridized carbons (Fsp3) is 0.389. The van der Waals surface area contributed by atoms with Gasteiger partial charge >= 0.3 is 0 Å². The molecular weight excluding hydrogens is 1250 g/mol. The van der Waals surface area contributed by atoms with E-state index in [0.29, 0.717) is 0 Å². The van der Waals surface area contributed by atoms with E-state index < -0.39 is 24.5 Å². The summed E-state index contributed by atoms with van der Waals surface area (Å²) >= 11 is 0. The van der Waals surface area contributed by atoms with Crippen LogP contribution in [0.4, 0.5) is 0 Å². The van der Waals surface area contributed by atoms with E-state index in [1.54, 1.807) is 26.3 Å². The number of rotatable bonds is 35. The molecule has 520 valence electrons. The van der Waals surface area contributed by atoms with Gasteiger partial charge in [-0.1, -0.05) is 358 Å². The van der Waals surface area contributed by atoms with E-state index in [1.807, 2.05) is 0 Å². The molecule has 0 N–H and O–H groups in total. The highest BCUT2D eigenvalue weighted by molar-refractivity contribution is 7.05. The Morgan fingerprint density at radius 2 is 0.610 bits per heavy atom. The van der Waals surface area contributed by atoms with Gasteiger partial charge in [-0.3, -0.25) is 0 Å². The predicted molar refractivity (Wildman–Crippen MR) is 453 cm³/mol. The van der Waals surface area contributed by atoms with Gasteiger partial charge in [-0.15, -0.1) is 0 Å². The molecule has 13 rings (SSSR count). The second-order valence-electron chi connectivity index (χ2n) is 30.5. The molecule has 13 aromatic rings. The number of para-hydroxylation sites is 3. The summed E-state index contributed by atoms with van der Waals surface area (Å²) < 4.78 is 5.80. The largest absolute Gasteiger partial charge is 0.363 e. The van der Waals surface area contributed by atoms with E-state index in [1.165, 1.54) is 277 Å². The van der Waals surface area contributed by atoms with Crippen molar-refractivity contribution in [2.75, 3.05) is 0 Å². The fourth-order valence-electron chi connectivity index (χ4n) is 18.2. The zero-order valence-corrected chi connectivity index (χ0v) is 65.7. The Labute approximate surface area is 605 Å². The summed E-state index contributed by atoms with van der Waals surface area (Å²) in [6.07, 6.45) is 31.5. The molecule has 0 aliphatic heterocycles. The fourth-order valence-corrected chi connectivity index (χ4v) is 33.4. The predicted octanol–water partition coefficient (Wildman–Crippen LogP) is 26.9. The third kappa shape index (κ3) is 15.4. The summed E-state index contributed by atoms with van der Waals surface area (Å²) in [5.41, 5.74) is 8.46. The monoisotopic (exact) mass is 1370 g/mol. The molecule has 0 saturated carbocycles. The number of benzene rings is 11. The molecule has 100 heavy (non-hydrogen) atoms. The van der Waals surface area contributed by atoms with E-state index in [2.05, 4.69) is 282 Å². The number of hydrogen-bond acceptors (Lipinski definition) is 0. The van der Waals surface area contributed by atoms with E-state index >= 15 is 0 Å². The van der Waals surface area contributed by atoms with Crippen molar-refractivity contribution in [3.05, 3.63) is 230 Å². The SMILES string of the molecule is CCCCCCC[Si](C)(c1ccccc1)n1c2ccccc2c2ccccc21.CCCCCCC[Si](CCCCCCC)(c1ccc(C)c2cc3ccccc3cc12)c1ccc([Si](CCCCCC)(CCCCCCC)n2c3ccccc3c3cc(C)ccc32)c2cc3ccccc3cc12. The lowest BCUT2D eigenvalue weighted by Gasteiger charge is -2.39. The molecule has 0 radical (unpaired) electrons. The molecule has 0 fully saturated rings. The zero-order chi connectivity index (χ0) is 69.3. The summed E-state index contributed by atoms with van der Waals surface area (Å²) in [5, 5.41) is 23.9. The lowest BCUT2D eigenvalue weighted by Crippen LogP contribution is -2.60. The van der Waals surface area contributed by atoms with Crippen LogP contribution in [-0.4, -0.2) is 33.0 Å². The van der Waals surface area contributed by atoms with Crippen molar-refractivity contribution < 1.29 is 0 Å². The van der Waals surface area contributed by atoms with Crippen LogP contribution < -0.4 is 20.7 Å². The first-order valence-corrected chi connectivity index (χ1v) is 47.5. The van der Waals surface area contributed by atoms with Gasteiger partial charge in [0, 0.05) is 43.6 Å². The third-order valence-electron chi connectivity index (χ3n) is 23.6. The van der Waals surface area contributed by atoms with Crippen LogP contribution in [0.25, 0.3) is 86.7 Å². The van der Waals surface area contributed by atoms with Gasteiger partial charge in [-0.05, 0) is 175 Å². The minimum absolute atomic E-state index is 1.26. The van der Waals surface area contributed by atoms with Gasteiger partial charge in [0.05, 0.1) is 0 Å². The zero-order valence-electron chi connectivity index (χ0n) is 62.7. The maximum atomic E-state index is 3.05. The highest BCUT2D eigenvalue weighted by Crippen LogP contribution is 2.41. The van der Waals surface area contributed by atoms with Crippen molar-refractivity contribution in [3.63, 3.8) is 0 Å². The quantitative estimate of drug-likeness (QED) is 0.0213. The van der Waals surface area contributed by atoms with E-state index in [9.17, 15) is 0 Å². The molecular formula is C95H118N2Si3.